The minimum Gasteiger partial charge on any atom is -0.508 e. The van der Waals surface area contributed by atoms with Crippen molar-refractivity contribution in [2.75, 3.05) is 0 Å². The molecule has 1 aromatic rings. The van der Waals surface area contributed by atoms with Crippen LogP contribution in [0.15, 0.2) is 24.3 Å². The fourth-order valence-corrected chi connectivity index (χ4v) is 1.03. The van der Waals surface area contributed by atoms with Crippen LogP contribution in [0.4, 0.5) is 0 Å². The molecule has 1 rings (SSSR count). The number of carbonyl (C=O) groups is 1. The van der Waals surface area contributed by atoms with E-state index in [0.717, 1.165) is 0 Å². The average molecular weight is 197 g/mol. The van der Waals surface area contributed by atoms with E-state index >= 15 is 0 Å². The molecule has 0 heterocycles. The number of aliphatic carboxylic acids is 1. The smallest absolute Gasteiger partial charge is 0.334 e. The number of aliphatic hydroxyl groups is 1. The highest BCUT2D eigenvalue weighted by molar-refractivity contribution is 5.73. The fraction of sp³-hybridized carbons (Fsp3) is 0.222. The van der Waals surface area contributed by atoms with E-state index in [4.69, 9.17) is 21.1 Å². The lowest BCUT2D eigenvalue weighted by molar-refractivity contribution is -0.147. The molecule has 0 unspecified atom stereocenters. The molecule has 5 nitrogen and oxygen atoms in total. The van der Waals surface area contributed by atoms with Crippen molar-refractivity contribution in [2.45, 2.75) is 12.1 Å². The molecule has 0 amide bonds. The third-order valence-electron chi connectivity index (χ3n) is 1.87. The quantitative estimate of drug-likeness (QED) is 0.539. The summed E-state index contributed by atoms with van der Waals surface area (Å²) in [5, 5.41) is 26.6. The summed E-state index contributed by atoms with van der Waals surface area (Å²) >= 11 is 0. The van der Waals surface area contributed by atoms with Crippen molar-refractivity contribution in [3.8, 4) is 5.75 Å². The van der Waals surface area contributed by atoms with Gasteiger partial charge in [-0.2, -0.15) is 0 Å². The first-order valence-electron chi connectivity index (χ1n) is 3.97. The molecule has 0 aliphatic rings. The fourth-order valence-electron chi connectivity index (χ4n) is 1.03. The van der Waals surface area contributed by atoms with E-state index in [1.165, 1.54) is 24.3 Å². The topological polar surface area (TPSA) is 104 Å². The number of hydrogen-bond acceptors (Lipinski definition) is 4. The largest absolute Gasteiger partial charge is 0.508 e. The van der Waals surface area contributed by atoms with Crippen LogP contribution >= 0.6 is 0 Å². The summed E-state index contributed by atoms with van der Waals surface area (Å²) < 4.78 is 0. The summed E-state index contributed by atoms with van der Waals surface area (Å²) in [7, 11) is 0. The molecule has 0 aliphatic heterocycles. The third-order valence-corrected chi connectivity index (χ3v) is 1.87. The van der Waals surface area contributed by atoms with Gasteiger partial charge in [0.25, 0.3) is 0 Å². The molecule has 0 spiro atoms. The first-order chi connectivity index (χ1) is 6.52. The molecule has 0 saturated heterocycles. The molecule has 5 heteroatoms. The SMILES string of the molecule is N[C@@H](c1ccc(O)cc1)[C@H](O)C(=O)O. The standard InChI is InChI=1S/C9H11NO4/c10-7(8(12)9(13)14)5-1-3-6(11)4-2-5/h1-4,7-8,11-12H,10H2,(H,13,14)/t7-,8-/m0/s1. The van der Waals surface area contributed by atoms with Gasteiger partial charge in [-0.3, -0.25) is 0 Å². The van der Waals surface area contributed by atoms with Crippen LogP contribution in [0.3, 0.4) is 0 Å². The molecule has 0 saturated carbocycles. The first kappa shape index (κ1) is 10.5. The van der Waals surface area contributed by atoms with Gasteiger partial charge in [0.05, 0.1) is 6.04 Å². The molecule has 2 atom stereocenters. The number of phenols is 1. The lowest BCUT2D eigenvalue weighted by atomic mass is 10.0. The first-order valence-corrected chi connectivity index (χ1v) is 3.97. The summed E-state index contributed by atoms with van der Waals surface area (Å²) in [4.78, 5) is 10.4. The molecule has 0 aromatic heterocycles. The van der Waals surface area contributed by atoms with Crippen molar-refractivity contribution in [1.82, 2.24) is 0 Å². The number of carboxylic acids is 1. The van der Waals surface area contributed by atoms with Gasteiger partial charge in [0.2, 0.25) is 0 Å². The van der Waals surface area contributed by atoms with Crippen LogP contribution in [-0.4, -0.2) is 27.4 Å². The second-order valence-electron chi connectivity index (χ2n) is 2.90. The highest BCUT2D eigenvalue weighted by atomic mass is 16.4. The van der Waals surface area contributed by atoms with Gasteiger partial charge >= 0.3 is 5.97 Å². The van der Waals surface area contributed by atoms with Gasteiger partial charge in [-0.15, -0.1) is 0 Å². The third kappa shape index (κ3) is 2.21. The van der Waals surface area contributed by atoms with E-state index < -0.39 is 18.1 Å². The molecule has 1 aromatic carbocycles. The Morgan fingerprint density at radius 2 is 1.79 bits per heavy atom. The van der Waals surface area contributed by atoms with Crippen LogP contribution in [0.25, 0.3) is 0 Å². The average Bonchev–Trinajstić information content (AvgIpc) is 2.16. The van der Waals surface area contributed by atoms with Gasteiger partial charge in [0.15, 0.2) is 6.10 Å². The maximum Gasteiger partial charge on any atom is 0.334 e. The second-order valence-corrected chi connectivity index (χ2v) is 2.90. The van der Waals surface area contributed by atoms with Crippen LogP contribution in [0.5, 0.6) is 5.75 Å². The predicted molar refractivity (Wildman–Crippen MR) is 48.7 cm³/mol. The van der Waals surface area contributed by atoms with Crippen LogP contribution < -0.4 is 5.73 Å². The van der Waals surface area contributed by atoms with E-state index in [1.807, 2.05) is 0 Å². The number of aromatic hydroxyl groups is 1. The molecule has 0 fully saturated rings. The Kier molecular flexibility index (Phi) is 3.06. The number of benzene rings is 1. The highest BCUT2D eigenvalue weighted by Gasteiger charge is 2.23. The minimum atomic E-state index is -1.64. The number of rotatable bonds is 3. The lowest BCUT2D eigenvalue weighted by Gasteiger charge is -2.15. The van der Waals surface area contributed by atoms with Crippen molar-refractivity contribution in [3.63, 3.8) is 0 Å². The summed E-state index contributed by atoms with van der Waals surface area (Å²) in [5.74, 6) is -1.31. The van der Waals surface area contributed by atoms with Crippen LogP contribution in [0.1, 0.15) is 11.6 Å². The van der Waals surface area contributed by atoms with Gasteiger partial charge in [-0.25, -0.2) is 4.79 Å². The van der Waals surface area contributed by atoms with Crippen LogP contribution in [0, 0.1) is 0 Å². The Hall–Kier alpha value is -1.59. The van der Waals surface area contributed by atoms with Gasteiger partial charge in [0, 0.05) is 0 Å². The molecule has 0 aliphatic carbocycles. The number of aliphatic hydroxyl groups excluding tert-OH is 1. The van der Waals surface area contributed by atoms with Gasteiger partial charge in [-0.05, 0) is 17.7 Å². The van der Waals surface area contributed by atoms with E-state index in [-0.39, 0.29) is 5.75 Å². The number of phenolic OH excluding ortho intramolecular Hbond substituents is 1. The van der Waals surface area contributed by atoms with Crippen LogP contribution in [0.2, 0.25) is 0 Å². The van der Waals surface area contributed by atoms with E-state index in [0.29, 0.717) is 5.56 Å². The van der Waals surface area contributed by atoms with Crippen molar-refractivity contribution in [1.29, 1.82) is 0 Å². The van der Waals surface area contributed by atoms with E-state index in [1.54, 1.807) is 0 Å². The Morgan fingerprint density at radius 1 is 1.29 bits per heavy atom. The van der Waals surface area contributed by atoms with Crippen LogP contribution in [-0.2, 0) is 4.79 Å². The molecule has 0 bridgehead atoms. The summed E-state index contributed by atoms with van der Waals surface area (Å²) in [6.45, 7) is 0. The molecular formula is C9H11NO4. The maximum atomic E-state index is 10.4. The molecule has 76 valence electrons. The van der Waals surface area contributed by atoms with Gasteiger partial charge < -0.3 is 21.1 Å². The Morgan fingerprint density at radius 3 is 2.21 bits per heavy atom. The molecular weight excluding hydrogens is 186 g/mol. The Bertz CT molecular complexity index is 322. The van der Waals surface area contributed by atoms with Crippen molar-refractivity contribution >= 4 is 5.97 Å². The molecule has 5 N–H and O–H groups in total. The normalized spacial score (nSPS) is 14.7. The zero-order valence-corrected chi connectivity index (χ0v) is 7.29. The zero-order valence-electron chi connectivity index (χ0n) is 7.29. The van der Waals surface area contributed by atoms with Crippen molar-refractivity contribution in [3.05, 3.63) is 29.8 Å². The van der Waals surface area contributed by atoms with E-state index in [9.17, 15) is 4.79 Å². The predicted octanol–water partition coefficient (Wildman–Crippen LogP) is -0.163. The monoisotopic (exact) mass is 197 g/mol. The van der Waals surface area contributed by atoms with E-state index in [2.05, 4.69) is 0 Å². The molecule has 0 radical (unpaired) electrons. The van der Waals surface area contributed by atoms with Crippen molar-refractivity contribution < 1.29 is 20.1 Å². The second kappa shape index (κ2) is 4.08. The summed E-state index contributed by atoms with van der Waals surface area (Å²) in [6, 6.07) is 4.69. The van der Waals surface area contributed by atoms with Gasteiger partial charge in [-0.1, -0.05) is 12.1 Å². The highest BCUT2D eigenvalue weighted by Crippen LogP contribution is 2.17. The number of hydrogen-bond donors (Lipinski definition) is 4. The van der Waals surface area contributed by atoms with Crippen molar-refractivity contribution in [2.24, 2.45) is 5.73 Å². The van der Waals surface area contributed by atoms with Gasteiger partial charge in [0.1, 0.15) is 5.75 Å². The summed E-state index contributed by atoms with van der Waals surface area (Å²) in [6.07, 6.45) is -1.64. The number of nitrogens with two attached hydrogens (primary N) is 1. The lowest BCUT2D eigenvalue weighted by Crippen LogP contribution is -2.33. The minimum absolute atomic E-state index is 0.0609. The number of carboxylic acid groups (broad SMARTS) is 1. The maximum absolute atomic E-state index is 10.4. The molecule has 14 heavy (non-hydrogen) atoms. The zero-order chi connectivity index (χ0) is 10.7. The Labute approximate surface area is 80.4 Å². The Balaban J connectivity index is 2.84. The summed E-state index contributed by atoms with van der Waals surface area (Å²) in [5.41, 5.74) is 5.93.